The van der Waals surface area contributed by atoms with Gasteiger partial charge in [-0.15, -0.1) is 0 Å². The van der Waals surface area contributed by atoms with Gasteiger partial charge in [-0.3, -0.25) is 0 Å². The first kappa shape index (κ1) is 12.2. The molecule has 0 atom stereocenters. The van der Waals surface area contributed by atoms with Gasteiger partial charge >= 0.3 is 0 Å². The molecule has 2 aromatic rings. The topological polar surface area (TPSA) is 20.2 Å². The van der Waals surface area contributed by atoms with Crippen molar-refractivity contribution in [1.29, 1.82) is 0 Å². The Balaban J connectivity index is 0.000000980. The standard InChI is InChI=1S/C12H12O.Ac/c13-9-8-11-6-3-5-10-4-1-2-7-12(10)11;/h1-7,13H,8-9H2;. The van der Waals surface area contributed by atoms with E-state index in [-0.39, 0.29) is 50.7 Å². The van der Waals surface area contributed by atoms with Crippen molar-refractivity contribution in [3.8, 4) is 0 Å². The molecule has 2 aromatic carbocycles. The Hall–Kier alpha value is 0.102. The number of rotatable bonds is 2. The molecule has 0 bridgehead atoms. The van der Waals surface area contributed by atoms with Gasteiger partial charge in [-0.05, 0) is 22.8 Å². The van der Waals surface area contributed by atoms with Crippen LogP contribution >= 0.6 is 0 Å². The van der Waals surface area contributed by atoms with Crippen LogP contribution in [0.5, 0.6) is 0 Å². The Morgan fingerprint density at radius 3 is 2.43 bits per heavy atom. The number of aliphatic hydroxyl groups excluding tert-OH is 1. The zero-order valence-electron chi connectivity index (χ0n) is 7.98. The van der Waals surface area contributed by atoms with Crippen molar-refractivity contribution in [2.45, 2.75) is 6.42 Å². The SMILES string of the molecule is OCCc1cccc2ccccc12.[Ac]. The van der Waals surface area contributed by atoms with Crippen molar-refractivity contribution in [3.05, 3.63) is 48.0 Å². The van der Waals surface area contributed by atoms with Gasteiger partial charge in [-0.1, -0.05) is 42.5 Å². The minimum absolute atomic E-state index is 0. The first-order valence-electron chi connectivity index (χ1n) is 4.49. The zero-order valence-corrected chi connectivity index (χ0v) is 12.7. The molecule has 0 aliphatic rings. The van der Waals surface area contributed by atoms with Crippen molar-refractivity contribution in [1.82, 2.24) is 0 Å². The largest absolute Gasteiger partial charge is 0.396 e. The Bertz CT molecular complexity index is 406. The maximum absolute atomic E-state index is 8.88. The van der Waals surface area contributed by atoms with Gasteiger partial charge in [0.15, 0.2) is 0 Å². The summed E-state index contributed by atoms with van der Waals surface area (Å²) in [4.78, 5) is 0. The molecular weight excluding hydrogens is 387 g/mol. The minimum atomic E-state index is 0. The molecule has 69 valence electrons. The average molecular weight is 399 g/mol. The summed E-state index contributed by atoms with van der Waals surface area (Å²) in [5.41, 5.74) is 1.22. The van der Waals surface area contributed by atoms with Crippen LogP contribution in [-0.2, 0) is 6.42 Å². The molecule has 2 rings (SSSR count). The minimum Gasteiger partial charge on any atom is -0.396 e. The van der Waals surface area contributed by atoms with Crippen LogP contribution in [0.1, 0.15) is 5.56 Å². The van der Waals surface area contributed by atoms with E-state index in [4.69, 9.17) is 5.11 Å². The van der Waals surface area contributed by atoms with E-state index >= 15 is 0 Å². The normalized spacial score (nSPS) is 9.79. The number of hydrogen-bond donors (Lipinski definition) is 1. The van der Waals surface area contributed by atoms with Crippen LogP contribution in [0, 0.1) is 44.1 Å². The van der Waals surface area contributed by atoms with Gasteiger partial charge in [0.25, 0.3) is 0 Å². The number of benzene rings is 2. The molecule has 0 unspecified atom stereocenters. The number of hydrogen-bond acceptors (Lipinski definition) is 1. The summed E-state index contributed by atoms with van der Waals surface area (Å²) in [6.45, 7) is 0.216. The molecule has 0 aromatic heterocycles. The van der Waals surface area contributed by atoms with Crippen LogP contribution in [0.25, 0.3) is 10.8 Å². The molecular formula is C12H12AcO. The summed E-state index contributed by atoms with van der Waals surface area (Å²) in [6.07, 6.45) is 0.737. The van der Waals surface area contributed by atoms with E-state index in [2.05, 4.69) is 24.3 Å². The van der Waals surface area contributed by atoms with Gasteiger partial charge in [0.05, 0.1) is 0 Å². The summed E-state index contributed by atoms with van der Waals surface area (Å²) in [5.74, 6) is 0. The van der Waals surface area contributed by atoms with Crippen molar-refractivity contribution in [3.63, 3.8) is 0 Å². The van der Waals surface area contributed by atoms with Crippen LogP contribution < -0.4 is 0 Å². The molecule has 1 N–H and O–H groups in total. The monoisotopic (exact) mass is 399 g/mol. The summed E-state index contributed by atoms with van der Waals surface area (Å²) in [5, 5.41) is 11.4. The Morgan fingerprint density at radius 1 is 0.929 bits per heavy atom. The second kappa shape index (κ2) is 5.86. The van der Waals surface area contributed by atoms with E-state index in [1.807, 2.05) is 18.2 Å². The fourth-order valence-corrected chi connectivity index (χ4v) is 1.63. The predicted octanol–water partition coefficient (Wildman–Crippen LogP) is 2.37. The maximum atomic E-state index is 8.88. The fourth-order valence-electron chi connectivity index (χ4n) is 1.63. The molecule has 0 saturated heterocycles. The summed E-state index contributed by atoms with van der Waals surface area (Å²) in [6, 6.07) is 14.5. The second-order valence-corrected chi connectivity index (χ2v) is 3.11. The molecule has 0 fully saturated rings. The maximum Gasteiger partial charge on any atom is 0.0471 e. The van der Waals surface area contributed by atoms with Crippen molar-refractivity contribution < 1.29 is 49.2 Å². The van der Waals surface area contributed by atoms with E-state index in [1.54, 1.807) is 0 Å². The summed E-state index contributed by atoms with van der Waals surface area (Å²) >= 11 is 0. The van der Waals surface area contributed by atoms with Gasteiger partial charge in [-0.2, -0.15) is 0 Å². The molecule has 0 amide bonds. The third kappa shape index (κ3) is 2.57. The first-order chi connectivity index (χ1) is 6.42. The Labute approximate surface area is 120 Å². The molecule has 0 heterocycles. The van der Waals surface area contributed by atoms with Gasteiger partial charge in [0, 0.05) is 50.7 Å². The first-order valence-corrected chi connectivity index (χ1v) is 4.49. The molecule has 1 radical (unpaired) electrons. The van der Waals surface area contributed by atoms with Crippen LogP contribution in [0.15, 0.2) is 42.5 Å². The Kier molecular flexibility index (Phi) is 5.09. The number of aliphatic hydroxyl groups is 1. The van der Waals surface area contributed by atoms with Crippen molar-refractivity contribution in [2.24, 2.45) is 0 Å². The average Bonchev–Trinajstić information content (AvgIpc) is 2.19. The van der Waals surface area contributed by atoms with E-state index in [0.29, 0.717) is 0 Å². The van der Waals surface area contributed by atoms with Gasteiger partial charge in [0.2, 0.25) is 0 Å². The molecule has 14 heavy (non-hydrogen) atoms. The molecule has 0 aliphatic carbocycles. The zero-order chi connectivity index (χ0) is 9.10. The third-order valence-electron chi connectivity index (χ3n) is 2.26. The van der Waals surface area contributed by atoms with Gasteiger partial charge < -0.3 is 5.11 Å². The second-order valence-electron chi connectivity index (χ2n) is 3.11. The van der Waals surface area contributed by atoms with Crippen LogP contribution in [0.3, 0.4) is 0 Å². The fraction of sp³-hybridized carbons (Fsp3) is 0.167. The van der Waals surface area contributed by atoms with E-state index in [0.717, 1.165) is 6.42 Å². The van der Waals surface area contributed by atoms with E-state index in [9.17, 15) is 0 Å². The van der Waals surface area contributed by atoms with Crippen LogP contribution in [-0.4, -0.2) is 11.7 Å². The van der Waals surface area contributed by atoms with Crippen LogP contribution in [0.2, 0.25) is 0 Å². The summed E-state index contributed by atoms with van der Waals surface area (Å²) < 4.78 is 0. The molecule has 0 saturated carbocycles. The molecule has 1 nitrogen and oxygen atoms in total. The van der Waals surface area contributed by atoms with E-state index < -0.39 is 0 Å². The van der Waals surface area contributed by atoms with Gasteiger partial charge in [0.1, 0.15) is 0 Å². The van der Waals surface area contributed by atoms with Crippen LogP contribution in [0.4, 0.5) is 0 Å². The summed E-state index contributed by atoms with van der Waals surface area (Å²) in [7, 11) is 0. The van der Waals surface area contributed by atoms with E-state index in [1.165, 1.54) is 16.3 Å². The molecule has 2 heteroatoms. The quantitative estimate of drug-likeness (QED) is 0.823. The van der Waals surface area contributed by atoms with Gasteiger partial charge in [-0.25, -0.2) is 0 Å². The predicted molar refractivity (Wildman–Crippen MR) is 54.7 cm³/mol. The number of fused-ring (bicyclic) bond motifs is 1. The molecule has 0 spiro atoms. The third-order valence-corrected chi connectivity index (χ3v) is 2.26. The van der Waals surface area contributed by atoms with Crippen molar-refractivity contribution in [2.75, 3.05) is 6.61 Å². The smallest absolute Gasteiger partial charge is 0.0471 e. The van der Waals surface area contributed by atoms with Crippen molar-refractivity contribution >= 4 is 10.8 Å². The molecule has 0 aliphatic heterocycles. The Morgan fingerprint density at radius 2 is 1.64 bits per heavy atom.